The maximum atomic E-state index is 12.1. The SMILES string of the molecule is CC(=O)Nc1ccc(C(=O)NN=Cc2ccc(-c3ccc(Cl)c(C(=O)O)c3)o2)cc1. The first-order chi connectivity index (χ1) is 14.3. The maximum Gasteiger partial charge on any atom is 0.337 e. The number of anilines is 1. The van der Waals surface area contributed by atoms with Gasteiger partial charge < -0.3 is 14.8 Å². The number of carboxylic acid groups (broad SMARTS) is 1. The number of amides is 2. The number of hydrogen-bond donors (Lipinski definition) is 3. The van der Waals surface area contributed by atoms with E-state index in [1.165, 1.54) is 25.3 Å². The number of carbonyl (C=O) groups excluding carboxylic acids is 2. The molecule has 0 saturated heterocycles. The minimum atomic E-state index is -1.14. The quantitative estimate of drug-likeness (QED) is 0.407. The lowest BCUT2D eigenvalue weighted by Gasteiger charge is -2.03. The Kier molecular flexibility index (Phi) is 6.29. The molecule has 152 valence electrons. The molecular weight excluding hydrogens is 410 g/mol. The molecule has 1 aromatic heterocycles. The van der Waals surface area contributed by atoms with Crippen molar-refractivity contribution < 1.29 is 23.9 Å². The standard InChI is InChI=1S/C21H16ClN3O5/c1-12(26)24-15-5-2-13(3-6-15)20(27)25-23-11-16-7-9-19(30-16)14-4-8-18(22)17(10-14)21(28)29/h2-11H,1H3,(H,24,26)(H,25,27)(H,28,29). The number of hydrogen-bond acceptors (Lipinski definition) is 5. The van der Waals surface area contributed by atoms with Gasteiger partial charge in [-0.25, -0.2) is 10.2 Å². The second kappa shape index (κ2) is 9.06. The molecule has 1 heterocycles. The molecule has 0 fully saturated rings. The van der Waals surface area contributed by atoms with Gasteiger partial charge in [0.25, 0.3) is 5.91 Å². The third-order valence-corrected chi connectivity index (χ3v) is 4.26. The van der Waals surface area contributed by atoms with Crippen LogP contribution in [0.25, 0.3) is 11.3 Å². The Morgan fingerprint density at radius 1 is 1.07 bits per heavy atom. The summed E-state index contributed by atoms with van der Waals surface area (Å²) in [4.78, 5) is 34.3. The lowest BCUT2D eigenvalue weighted by Crippen LogP contribution is -2.17. The predicted octanol–water partition coefficient (Wildman–Crippen LogP) is 4.02. The second-order valence-electron chi connectivity index (χ2n) is 6.16. The molecule has 0 unspecified atom stereocenters. The number of carbonyl (C=O) groups is 3. The molecule has 0 saturated carbocycles. The number of halogens is 1. The van der Waals surface area contributed by atoms with Gasteiger partial charge in [-0.1, -0.05) is 11.6 Å². The van der Waals surface area contributed by atoms with Crippen molar-refractivity contribution in [1.29, 1.82) is 0 Å². The van der Waals surface area contributed by atoms with E-state index in [1.54, 1.807) is 42.5 Å². The number of furan rings is 1. The summed E-state index contributed by atoms with van der Waals surface area (Å²) in [5, 5.41) is 15.8. The molecule has 2 amide bonds. The molecule has 3 rings (SSSR count). The highest BCUT2D eigenvalue weighted by molar-refractivity contribution is 6.33. The van der Waals surface area contributed by atoms with Crippen molar-refractivity contribution in [2.24, 2.45) is 5.10 Å². The number of hydrazone groups is 1. The van der Waals surface area contributed by atoms with Gasteiger partial charge in [0.2, 0.25) is 5.91 Å². The smallest absolute Gasteiger partial charge is 0.337 e. The number of benzene rings is 2. The average Bonchev–Trinajstić information content (AvgIpc) is 3.17. The second-order valence-corrected chi connectivity index (χ2v) is 6.57. The van der Waals surface area contributed by atoms with Gasteiger partial charge in [-0.3, -0.25) is 9.59 Å². The molecule has 9 heteroatoms. The van der Waals surface area contributed by atoms with E-state index in [4.69, 9.17) is 21.1 Å². The van der Waals surface area contributed by atoms with E-state index < -0.39 is 11.9 Å². The van der Waals surface area contributed by atoms with E-state index >= 15 is 0 Å². The molecule has 0 aliphatic heterocycles. The first-order valence-electron chi connectivity index (χ1n) is 8.67. The lowest BCUT2D eigenvalue weighted by atomic mass is 10.1. The summed E-state index contributed by atoms with van der Waals surface area (Å²) in [6, 6.07) is 14.1. The van der Waals surface area contributed by atoms with Crippen molar-refractivity contribution >= 4 is 41.3 Å². The van der Waals surface area contributed by atoms with Crippen LogP contribution in [0.3, 0.4) is 0 Å². The van der Waals surface area contributed by atoms with Crippen LogP contribution >= 0.6 is 11.6 Å². The molecule has 3 aromatic rings. The predicted molar refractivity (Wildman–Crippen MR) is 112 cm³/mol. The topological polar surface area (TPSA) is 121 Å². The Morgan fingerprint density at radius 2 is 1.80 bits per heavy atom. The summed E-state index contributed by atoms with van der Waals surface area (Å²) in [5.41, 5.74) is 3.83. The third-order valence-electron chi connectivity index (χ3n) is 3.93. The number of nitrogens with one attached hydrogen (secondary N) is 2. The minimum Gasteiger partial charge on any atom is -0.478 e. The van der Waals surface area contributed by atoms with E-state index in [0.717, 1.165) is 0 Å². The fourth-order valence-corrected chi connectivity index (χ4v) is 2.75. The Labute approximate surface area is 176 Å². The van der Waals surface area contributed by atoms with Gasteiger partial charge in [-0.15, -0.1) is 0 Å². The molecule has 0 radical (unpaired) electrons. The average molecular weight is 426 g/mol. The van der Waals surface area contributed by atoms with Crippen LogP contribution in [0.2, 0.25) is 5.02 Å². The van der Waals surface area contributed by atoms with E-state index in [1.807, 2.05) is 0 Å². The number of rotatable bonds is 6. The van der Waals surface area contributed by atoms with Crippen LogP contribution < -0.4 is 10.7 Å². The first kappa shape index (κ1) is 20.8. The van der Waals surface area contributed by atoms with Gasteiger partial charge in [0.1, 0.15) is 11.5 Å². The van der Waals surface area contributed by atoms with Crippen LogP contribution in [0.4, 0.5) is 5.69 Å². The van der Waals surface area contributed by atoms with E-state index in [2.05, 4.69) is 15.8 Å². The molecule has 2 aromatic carbocycles. The van der Waals surface area contributed by atoms with Crippen molar-refractivity contribution in [3.63, 3.8) is 0 Å². The maximum absolute atomic E-state index is 12.1. The zero-order valence-corrected chi connectivity index (χ0v) is 16.4. The number of aromatic carboxylic acids is 1. The van der Waals surface area contributed by atoms with Crippen molar-refractivity contribution in [1.82, 2.24) is 5.43 Å². The summed E-state index contributed by atoms with van der Waals surface area (Å²) >= 11 is 5.87. The van der Waals surface area contributed by atoms with Crippen molar-refractivity contribution in [2.75, 3.05) is 5.32 Å². The summed E-state index contributed by atoms with van der Waals surface area (Å²) in [6.07, 6.45) is 1.32. The lowest BCUT2D eigenvalue weighted by molar-refractivity contribution is -0.114. The Hall–Kier alpha value is -3.91. The van der Waals surface area contributed by atoms with E-state index in [9.17, 15) is 14.4 Å². The van der Waals surface area contributed by atoms with Crippen LogP contribution in [0.15, 0.2) is 64.1 Å². The van der Waals surface area contributed by atoms with Crippen LogP contribution in [-0.2, 0) is 4.79 Å². The molecule has 30 heavy (non-hydrogen) atoms. The highest BCUT2D eigenvalue weighted by atomic mass is 35.5. The van der Waals surface area contributed by atoms with Crippen LogP contribution in [-0.4, -0.2) is 29.1 Å². The van der Waals surface area contributed by atoms with Crippen molar-refractivity contribution in [3.05, 3.63) is 76.5 Å². The Balaban J connectivity index is 1.64. The third kappa shape index (κ3) is 5.12. The van der Waals surface area contributed by atoms with Gasteiger partial charge >= 0.3 is 5.97 Å². The summed E-state index contributed by atoms with van der Waals surface area (Å²) < 4.78 is 5.61. The number of carboxylic acids is 1. The van der Waals surface area contributed by atoms with Crippen LogP contribution in [0.5, 0.6) is 0 Å². The van der Waals surface area contributed by atoms with Gasteiger partial charge in [0.15, 0.2) is 0 Å². The zero-order valence-electron chi connectivity index (χ0n) is 15.7. The zero-order chi connectivity index (χ0) is 21.7. The van der Waals surface area contributed by atoms with Crippen LogP contribution in [0.1, 0.15) is 33.4 Å². The van der Waals surface area contributed by atoms with Gasteiger partial charge in [0.05, 0.1) is 16.8 Å². The van der Waals surface area contributed by atoms with Crippen molar-refractivity contribution in [3.8, 4) is 11.3 Å². The molecule has 0 bridgehead atoms. The minimum absolute atomic E-state index is 0.0300. The fraction of sp³-hybridized carbons (Fsp3) is 0.0476. The van der Waals surface area contributed by atoms with Gasteiger partial charge in [-0.2, -0.15) is 5.10 Å². The first-order valence-corrected chi connectivity index (χ1v) is 9.05. The molecule has 0 atom stereocenters. The van der Waals surface area contributed by atoms with Gasteiger partial charge in [-0.05, 0) is 54.6 Å². The van der Waals surface area contributed by atoms with E-state index in [0.29, 0.717) is 28.3 Å². The largest absolute Gasteiger partial charge is 0.478 e. The molecule has 0 aliphatic carbocycles. The van der Waals surface area contributed by atoms with Gasteiger partial charge in [0, 0.05) is 23.7 Å². The fourth-order valence-electron chi connectivity index (χ4n) is 2.55. The molecule has 3 N–H and O–H groups in total. The van der Waals surface area contributed by atoms with E-state index in [-0.39, 0.29) is 16.5 Å². The normalized spacial score (nSPS) is 10.7. The van der Waals surface area contributed by atoms with Crippen LogP contribution in [0, 0.1) is 0 Å². The summed E-state index contributed by atoms with van der Waals surface area (Å²) in [5.74, 6) is -0.986. The molecular formula is C21H16ClN3O5. The Bertz CT molecular complexity index is 1140. The Morgan fingerprint density at radius 3 is 2.47 bits per heavy atom. The molecule has 0 spiro atoms. The summed E-state index contributed by atoms with van der Waals surface area (Å²) in [7, 11) is 0. The molecule has 8 nitrogen and oxygen atoms in total. The highest BCUT2D eigenvalue weighted by Crippen LogP contribution is 2.26. The summed E-state index contributed by atoms with van der Waals surface area (Å²) in [6.45, 7) is 1.40. The molecule has 0 aliphatic rings. The van der Waals surface area contributed by atoms with Crippen molar-refractivity contribution in [2.45, 2.75) is 6.92 Å². The highest BCUT2D eigenvalue weighted by Gasteiger charge is 2.12. The number of nitrogens with zero attached hydrogens (tertiary/aromatic N) is 1. The monoisotopic (exact) mass is 425 g/mol.